The van der Waals surface area contributed by atoms with Crippen LogP contribution in [-0.2, 0) is 19.6 Å². The highest BCUT2D eigenvalue weighted by Crippen LogP contribution is 2.12. The minimum absolute atomic E-state index is 0.127. The van der Waals surface area contributed by atoms with Gasteiger partial charge in [-0.3, -0.25) is 9.59 Å². The Labute approximate surface area is 121 Å². The molecule has 1 atom stereocenters. The second-order valence-corrected chi connectivity index (χ2v) is 5.87. The first-order valence-corrected chi connectivity index (χ1v) is 7.28. The van der Waals surface area contributed by atoms with Gasteiger partial charge in [-0.2, -0.15) is 9.98 Å². The second kappa shape index (κ2) is 6.83. The molecule has 0 bridgehead atoms. The van der Waals surface area contributed by atoms with Crippen LogP contribution in [-0.4, -0.2) is 31.4 Å². The molecular weight excluding hydrogens is 298 g/mol. The monoisotopic (exact) mass is 311 g/mol. The number of nitrogens with zero attached hydrogens (tertiary/aromatic N) is 1. The van der Waals surface area contributed by atoms with Gasteiger partial charge in [-0.25, -0.2) is 8.42 Å². The summed E-state index contributed by atoms with van der Waals surface area (Å²) in [5, 5.41) is 17.7. The summed E-state index contributed by atoms with van der Waals surface area (Å²) < 4.78 is 26.1. The van der Waals surface area contributed by atoms with Crippen molar-refractivity contribution >= 4 is 21.9 Å². The maximum absolute atomic E-state index is 12.1. The van der Waals surface area contributed by atoms with Crippen molar-refractivity contribution in [3.8, 4) is 6.07 Å². The molecule has 1 aromatic rings. The van der Waals surface area contributed by atoms with E-state index < -0.39 is 27.9 Å². The van der Waals surface area contributed by atoms with Gasteiger partial charge < -0.3 is 10.8 Å². The van der Waals surface area contributed by atoms with E-state index in [2.05, 4.69) is 0 Å². The number of amides is 1. The van der Waals surface area contributed by atoms with Crippen molar-refractivity contribution in [3.63, 3.8) is 0 Å². The highest BCUT2D eigenvalue weighted by Gasteiger charge is 2.25. The van der Waals surface area contributed by atoms with Gasteiger partial charge in [0.05, 0.1) is 16.5 Å². The second-order valence-electron chi connectivity index (χ2n) is 4.16. The Morgan fingerprint density at radius 2 is 2.10 bits per heavy atom. The average Bonchev–Trinajstić information content (AvgIpc) is 2.43. The van der Waals surface area contributed by atoms with Crippen LogP contribution >= 0.6 is 0 Å². The Kier molecular flexibility index (Phi) is 5.40. The Bertz CT molecular complexity index is 693. The third-order valence-corrected chi connectivity index (χ3v) is 4.02. The summed E-state index contributed by atoms with van der Waals surface area (Å²) in [6.07, 6.45) is -0.528. The normalized spacial score (nSPS) is 12.3. The topological polar surface area (TPSA) is 150 Å². The maximum Gasteiger partial charge on any atom is 0.321 e. The molecule has 0 aliphatic heterocycles. The van der Waals surface area contributed by atoms with E-state index in [9.17, 15) is 18.0 Å². The summed E-state index contributed by atoms with van der Waals surface area (Å²) >= 11 is 0. The summed E-state index contributed by atoms with van der Waals surface area (Å²) in [6, 6.07) is 5.44. The van der Waals surface area contributed by atoms with Crippen molar-refractivity contribution in [2.75, 3.05) is 0 Å². The fourth-order valence-electron chi connectivity index (χ4n) is 1.51. The molecule has 0 unspecified atom stereocenters. The van der Waals surface area contributed by atoms with Gasteiger partial charge in [-0.05, 0) is 24.6 Å². The SMILES string of the molecule is N#Cc1cccc(S(=O)(=O)N[C@@H](CCC(N)=O)C(=O)O)c1. The van der Waals surface area contributed by atoms with Crippen LogP contribution in [0.3, 0.4) is 0 Å². The molecule has 1 amide bonds. The molecule has 0 aromatic heterocycles. The summed E-state index contributed by atoms with van der Waals surface area (Å²) in [5.74, 6) is -2.15. The van der Waals surface area contributed by atoms with Gasteiger partial charge in [0, 0.05) is 6.42 Å². The lowest BCUT2D eigenvalue weighted by Gasteiger charge is -2.14. The number of rotatable bonds is 7. The van der Waals surface area contributed by atoms with Gasteiger partial charge in [-0.1, -0.05) is 6.07 Å². The molecule has 0 aliphatic carbocycles. The molecule has 4 N–H and O–H groups in total. The third-order valence-electron chi connectivity index (χ3n) is 2.55. The van der Waals surface area contributed by atoms with E-state index in [0.29, 0.717) is 0 Å². The van der Waals surface area contributed by atoms with E-state index in [1.54, 1.807) is 6.07 Å². The lowest BCUT2D eigenvalue weighted by atomic mass is 10.2. The van der Waals surface area contributed by atoms with Crippen molar-refractivity contribution in [3.05, 3.63) is 29.8 Å². The number of primary amides is 1. The van der Waals surface area contributed by atoms with E-state index in [0.717, 1.165) is 6.07 Å². The standard InChI is InChI=1S/C12H13N3O5S/c13-7-8-2-1-3-9(6-8)21(19,20)15-10(12(17)18)4-5-11(14)16/h1-3,6,10,15H,4-5H2,(H2,14,16)(H,17,18)/t10-/m0/s1. The molecular formula is C12H13N3O5S. The lowest BCUT2D eigenvalue weighted by molar-refractivity contribution is -0.139. The van der Waals surface area contributed by atoms with E-state index in [1.165, 1.54) is 18.2 Å². The fraction of sp³-hybridized carbons (Fsp3) is 0.250. The van der Waals surface area contributed by atoms with Crippen molar-refractivity contribution in [1.29, 1.82) is 5.26 Å². The highest BCUT2D eigenvalue weighted by atomic mass is 32.2. The zero-order chi connectivity index (χ0) is 16.0. The predicted octanol–water partition coefficient (Wildman–Crippen LogP) is -0.445. The molecule has 1 rings (SSSR count). The van der Waals surface area contributed by atoms with Gasteiger partial charge in [-0.15, -0.1) is 0 Å². The maximum atomic E-state index is 12.1. The van der Waals surface area contributed by atoms with Gasteiger partial charge in [0.15, 0.2) is 0 Å². The minimum atomic E-state index is -4.12. The quantitative estimate of drug-likeness (QED) is 0.620. The molecule has 0 spiro atoms. The van der Waals surface area contributed by atoms with Crippen LogP contribution in [0.15, 0.2) is 29.2 Å². The minimum Gasteiger partial charge on any atom is -0.480 e. The zero-order valence-corrected chi connectivity index (χ0v) is 11.6. The number of hydrogen-bond acceptors (Lipinski definition) is 5. The smallest absolute Gasteiger partial charge is 0.321 e. The third kappa shape index (κ3) is 4.87. The Morgan fingerprint density at radius 1 is 1.43 bits per heavy atom. The van der Waals surface area contributed by atoms with Gasteiger partial charge in [0.2, 0.25) is 15.9 Å². The van der Waals surface area contributed by atoms with Crippen LogP contribution in [0.5, 0.6) is 0 Å². The fourth-order valence-corrected chi connectivity index (χ4v) is 2.78. The number of carbonyl (C=O) groups excluding carboxylic acids is 1. The van der Waals surface area contributed by atoms with E-state index in [-0.39, 0.29) is 23.3 Å². The molecule has 8 nitrogen and oxygen atoms in total. The van der Waals surface area contributed by atoms with Crippen LogP contribution in [0.2, 0.25) is 0 Å². The van der Waals surface area contributed by atoms with Crippen molar-refractivity contribution in [1.82, 2.24) is 4.72 Å². The lowest BCUT2D eigenvalue weighted by Crippen LogP contribution is -2.41. The molecule has 9 heteroatoms. The molecule has 1 aromatic carbocycles. The van der Waals surface area contributed by atoms with Crippen molar-refractivity contribution in [2.24, 2.45) is 5.73 Å². The van der Waals surface area contributed by atoms with E-state index in [1.807, 2.05) is 4.72 Å². The summed E-state index contributed by atoms with van der Waals surface area (Å²) in [4.78, 5) is 21.4. The summed E-state index contributed by atoms with van der Waals surface area (Å²) in [6.45, 7) is 0. The number of carbonyl (C=O) groups is 2. The highest BCUT2D eigenvalue weighted by molar-refractivity contribution is 7.89. The van der Waals surface area contributed by atoms with Crippen LogP contribution in [0, 0.1) is 11.3 Å². The predicted molar refractivity (Wildman–Crippen MR) is 71.3 cm³/mol. The zero-order valence-electron chi connectivity index (χ0n) is 10.8. The molecule has 112 valence electrons. The van der Waals surface area contributed by atoms with E-state index >= 15 is 0 Å². The first-order valence-electron chi connectivity index (χ1n) is 5.80. The van der Waals surface area contributed by atoms with Gasteiger partial charge >= 0.3 is 5.97 Å². The molecule has 0 saturated carbocycles. The Hall–Kier alpha value is -2.44. The van der Waals surface area contributed by atoms with Crippen LogP contribution in [0.4, 0.5) is 0 Å². The van der Waals surface area contributed by atoms with Crippen LogP contribution < -0.4 is 10.5 Å². The van der Waals surface area contributed by atoms with Crippen LogP contribution in [0.1, 0.15) is 18.4 Å². The van der Waals surface area contributed by atoms with Crippen molar-refractivity contribution in [2.45, 2.75) is 23.8 Å². The van der Waals surface area contributed by atoms with Gasteiger partial charge in [0.25, 0.3) is 0 Å². The summed E-state index contributed by atoms with van der Waals surface area (Å²) in [7, 11) is -4.12. The number of benzene rings is 1. The first kappa shape index (κ1) is 16.6. The summed E-state index contributed by atoms with van der Waals surface area (Å²) in [5.41, 5.74) is 5.04. The van der Waals surface area contributed by atoms with Crippen LogP contribution in [0.25, 0.3) is 0 Å². The number of carboxylic acid groups (broad SMARTS) is 1. The number of nitriles is 1. The molecule has 0 saturated heterocycles. The average molecular weight is 311 g/mol. The van der Waals surface area contributed by atoms with E-state index in [4.69, 9.17) is 16.1 Å². The number of nitrogens with one attached hydrogen (secondary N) is 1. The van der Waals surface area contributed by atoms with Crippen molar-refractivity contribution < 1.29 is 23.1 Å². The molecule has 21 heavy (non-hydrogen) atoms. The van der Waals surface area contributed by atoms with Gasteiger partial charge in [0.1, 0.15) is 6.04 Å². The Balaban J connectivity index is 2.98. The Morgan fingerprint density at radius 3 is 2.62 bits per heavy atom. The molecule has 0 aliphatic rings. The first-order chi connectivity index (χ1) is 9.76. The molecule has 0 radical (unpaired) electrons. The molecule has 0 fully saturated rings. The number of sulfonamides is 1. The molecule has 0 heterocycles. The number of aliphatic carboxylic acids is 1. The largest absolute Gasteiger partial charge is 0.480 e. The number of carboxylic acids is 1. The number of nitrogens with two attached hydrogens (primary N) is 1. The number of hydrogen-bond donors (Lipinski definition) is 3.